The summed E-state index contributed by atoms with van der Waals surface area (Å²) in [5, 5.41) is 10.8. The maximum atomic E-state index is 12.4. The molecule has 0 aromatic carbocycles. The molecule has 1 saturated heterocycles. The number of nitrogens with zero attached hydrogens (tertiary/aromatic N) is 3. The zero-order valence-electron chi connectivity index (χ0n) is 13.8. The average molecular weight is 330 g/mol. The first-order valence-electron chi connectivity index (χ1n) is 7.88. The van der Waals surface area contributed by atoms with E-state index in [1.807, 2.05) is 18.5 Å². The van der Waals surface area contributed by atoms with E-state index in [0.717, 1.165) is 62.6 Å². The van der Waals surface area contributed by atoms with Gasteiger partial charge in [0.2, 0.25) is 0 Å². The third kappa shape index (κ3) is 4.69. The Morgan fingerprint density at radius 3 is 2.59 bits per heavy atom. The highest BCUT2D eigenvalue weighted by atomic mass is 35.5. The summed E-state index contributed by atoms with van der Waals surface area (Å²) in [6.07, 6.45) is 1.02. The van der Waals surface area contributed by atoms with E-state index in [-0.39, 0.29) is 18.3 Å². The second-order valence-corrected chi connectivity index (χ2v) is 5.62. The van der Waals surface area contributed by atoms with Gasteiger partial charge in [-0.1, -0.05) is 6.92 Å². The number of halogens is 1. The maximum Gasteiger partial charge on any atom is 0.255 e. The molecule has 0 unspecified atom stereocenters. The third-order valence-electron chi connectivity index (χ3n) is 3.97. The maximum absolute atomic E-state index is 12.4. The van der Waals surface area contributed by atoms with Crippen molar-refractivity contribution in [2.45, 2.75) is 33.7 Å². The van der Waals surface area contributed by atoms with Crippen LogP contribution < -0.4 is 10.6 Å². The fourth-order valence-corrected chi connectivity index (χ4v) is 2.81. The first-order valence-corrected chi connectivity index (χ1v) is 7.88. The zero-order valence-corrected chi connectivity index (χ0v) is 14.6. The Hall–Kier alpha value is -1.11. The van der Waals surface area contributed by atoms with Gasteiger partial charge in [0.25, 0.3) is 5.91 Å². The van der Waals surface area contributed by atoms with Gasteiger partial charge in [-0.15, -0.1) is 12.4 Å². The molecule has 0 saturated carbocycles. The molecule has 0 aliphatic carbocycles. The van der Waals surface area contributed by atoms with Crippen molar-refractivity contribution in [3.05, 3.63) is 17.0 Å². The molecule has 2 heterocycles. The number of carbonyl (C=O) groups excluding carboxylic acids is 1. The van der Waals surface area contributed by atoms with Crippen LogP contribution in [-0.2, 0) is 6.54 Å². The molecule has 126 valence electrons. The predicted molar refractivity (Wildman–Crippen MR) is 90.9 cm³/mol. The minimum atomic E-state index is 0. The molecule has 22 heavy (non-hydrogen) atoms. The lowest BCUT2D eigenvalue weighted by Gasteiger charge is -2.27. The SMILES string of the molecule is CCCn1nc(C)c(C(=O)NCCN2CCNCC2)c1C.Cl. The van der Waals surface area contributed by atoms with Crippen molar-refractivity contribution in [3.8, 4) is 0 Å². The highest BCUT2D eigenvalue weighted by Crippen LogP contribution is 2.13. The molecule has 0 radical (unpaired) electrons. The molecule has 1 aromatic rings. The Morgan fingerprint density at radius 1 is 1.27 bits per heavy atom. The summed E-state index contributed by atoms with van der Waals surface area (Å²) in [5.41, 5.74) is 2.53. The number of piperazine rings is 1. The average Bonchev–Trinajstić information content (AvgIpc) is 2.75. The summed E-state index contributed by atoms with van der Waals surface area (Å²) in [7, 11) is 0. The standard InChI is InChI=1S/C15H27N5O.ClH/c1-4-8-20-13(3)14(12(2)18-20)15(21)17-7-11-19-9-5-16-6-10-19;/h16H,4-11H2,1-3H3,(H,17,21);1H. The number of hydrogen-bond donors (Lipinski definition) is 2. The van der Waals surface area contributed by atoms with E-state index in [2.05, 4.69) is 27.6 Å². The summed E-state index contributed by atoms with van der Waals surface area (Å²) < 4.78 is 1.93. The van der Waals surface area contributed by atoms with Gasteiger partial charge >= 0.3 is 0 Å². The molecule has 1 aliphatic heterocycles. The van der Waals surface area contributed by atoms with Gasteiger partial charge in [-0.05, 0) is 20.3 Å². The summed E-state index contributed by atoms with van der Waals surface area (Å²) >= 11 is 0. The molecule has 6 nitrogen and oxygen atoms in total. The number of carbonyl (C=O) groups is 1. The van der Waals surface area contributed by atoms with Gasteiger partial charge in [0, 0.05) is 51.5 Å². The van der Waals surface area contributed by atoms with Crippen molar-refractivity contribution < 1.29 is 4.79 Å². The van der Waals surface area contributed by atoms with E-state index in [4.69, 9.17) is 0 Å². The fourth-order valence-electron chi connectivity index (χ4n) is 2.81. The highest BCUT2D eigenvalue weighted by molar-refractivity contribution is 5.96. The van der Waals surface area contributed by atoms with E-state index in [1.165, 1.54) is 0 Å². The van der Waals surface area contributed by atoms with Crippen molar-refractivity contribution in [2.24, 2.45) is 0 Å². The van der Waals surface area contributed by atoms with Crippen LogP contribution in [0.4, 0.5) is 0 Å². The zero-order chi connectivity index (χ0) is 15.2. The fraction of sp³-hybridized carbons (Fsp3) is 0.733. The number of nitrogens with one attached hydrogen (secondary N) is 2. The lowest BCUT2D eigenvalue weighted by Crippen LogP contribution is -2.46. The number of rotatable bonds is 6. The quantitative estimate of drug-likeness (QED) is 0.816. The van der Waals surface area contributed by atoms with Crippen LogP contribution in [0.25, 0.3) is 0 Å². The molecule has 1 aromatic heterocycles. The lowest BCUT2D eigenvalue weighted by molar-refractivity contribution is 0.0946. The molecule has 1 amide bonds. The van der Waals surface area contributed by atoms with Crippen molar-refractivity contribution in [1.29, 1.82) is 0 Å². The molecule has 2 N–H and O–H groups in total. The largest absolute Gasteiger partial charge is 0.351 e. The van der Waals surface area contributed by atoms with Gasteiger partial charge in [-0.3, -0.25) is 14.4 Å². The Morgan fingerprint density at radius 2 is 1.95 bits per heavy atom. The van der Waals surface area contributed by atoms with Crippen LogP contribution in [0.15, 0.2) is 0 Å². The van der Waals surface area contributed by atoms with Crippen molar-refractivity contribution in [3.63, 3.8) is 0 Å². The summed E-state index contributed by atoms with van der Waals surface area (Å²) in [6, 6.07) is 0. The Kier molecular flexibility index (Phi) is 7.85. The molecular formula is C15H28ClN5O. The van der Waals surface area contributed by atoms with Crippen LogP contribution in [-0.4, -0.2) is 59.9 Å². The molecule has 0 spiro atoms. The van der Waals surface area contributed by atoms with Crippen molar-refractivity contribution in [1.82, 2.24) is 25.3 Å². The third-order valence-corrected chi connectivity index (χ3v) is 3.97. The van der Waals surface area contributed by atoms with Crippen LogP contribution in [0.5, 0.6) is 0 Å². The van der Waals surface area contributed by atoms with Crippen LogP contribution in [0.2, 0.25) is 0 Å². The second kappa shape index (κ2) is 9.12. The van der Waals surface area contributed by atoms with Gasteiger partial charge in [-0.2, -0.15) is 5.10 Å². The van der Waals surface area contributed by atoms with Crippen LogP contribution in [0, 0.1) is 13.8 Å². The topological polar surface area (TPSA) is 62.2 Å². The van der Waals surface area contributed by atoms with E-state index in [0.29, 0.717) is 6.54 Å². The van der Waals surface area contributed by atoms with E-state index >= 15 is 0 Å². The molecular weight excluding hydrogens is 302 g/mol. The van der Waals surface area contributed by atoms with Gasteiger partial charge in [0.05, 0.1) is 11.3 Å². The van der Waals surface area contributed by atoms with Crippen LogP contribution in [0.1, 0.15) is 35.1 Å². The normalized spacial score (nSPS) is 15.4. The second-order valence-electron chi connectivity index (χ2n) is 5.62. The van der Waals surface area contributed by atoms with Crippen LogP contribution in [0.3, 0.4) is 0 Å². The first kappa shape index (κ1) is 18.9. The first-order chi connectivity index (χ1) is 10.1. The Labute approximate surface area is 139 Å². The predicted octanol–water partition coefficient (Wildman–Crippen LogP) is 0.967. The van der Waals surface area contributed by atoms with Crippen LogP contribution >= 0.6 is 12.4 Å². The lowest BCUT2D eigenvalue weighted by atomic mass is 10.2. The van der Waals surface area contributed by atoms with Gasteiger partial charge < -0.3 is 10.6 Å². The summed E-state index contributed by atoms with van der Waals surface area (Å²) in [4.78, 5) is 14.7. The highest BCUT2D eigenvalue weighted by Gasteiger charge is 2.18. The summed E-state index contributed by atoms with van der Waals surface area (Å²) in [5.74, 6) is 0.00230. The molecule has 1 aliphatic rings. The molecule has 2 rings (SSSR count). The van der Waals surface area contributed by atoms with Crippen molar-refractivity contribution in [2.75, 3.05) is 39.3 Å². The number of aromatic nitrogens is 2. The smallest absolute Gasteiger partial charge is 0.255 e. The number of amides is 1. The van der Waals surface area contributed by atoms with Crippen molar-refractivity contribution >= 4 is 18.3 Å². The minimum Gasteiger partial charge on any atom is -0.351 e. The van der Waals surface area contributed by atoms with E-state index in [1.54, 1.807) is 0 Å². The molecule has 0 atom stereocenters. The van der Waals surface area contributed by atoms with Gasteiger partial charge in [-0.25, -0.2) is 0 Å². The Bertz CT molecular complexity index is 483. The molecule has 7 heteroatoms. The van der Waals surface area contributed by atoms with E-state index < -0.39 is 0 Å². The van der Waals surface area contributed by atoms with E-state index in [9.17, 15) is 4.79 Å². The summed E-state index contributed by atoms with van der Waals surface area (Å²) in [6.45, 7) is 12.7. The Balaban J connectivity index is 0.00000242. The van der Waals surface area contributed by atoms with Gasteiger partial charge in [0.15, 0.2) is 0 Å². The number of aryl methyl sites for hydroxylation is 2. The minimum absolute atomic E-state index is 0. The molecule has 0 bridgehead atoms. The molecule has 1 fully saturated rings. The van der Waals surface area contributed by atoms with Gasteiger partial charge in [0.1, 0.15) is 0 Å². The monoisotopic (exact) mass is 329 g/mol. The number of hydrogen-bond acceptors (Lipinski definition) is 4.